The molecule has 0 amide bonds. The van der Waals surface area contributed by atoms with Crippen LogP contribution in [0.1, 0.15) is 329 Å². The van der Waals surface area contributed by atoms with Crippen LogP contribution in [-0.4, -0.2) is 37.2 Å². The van der Waals surface area contributed by atoms with Gasteiger partial charge in [-0.2, -0.15) is 0 Å². The number of hydrogen-bond acceptors (Lipinski definition) is 6. The largest absolute Gasteiger partial charge is 0.462 e. The molecule has 0 N–H and O–H groups in total. The molecule has 0 bridgehead atoms. The highest BCUT2D eigenvalue weighted by Crippen LogP contribution is 2.17. The van der Waals surface area contributed by atoms with Gasteiger partial charge < -0.3 is 14.2 Å². The maximum absolute atomic E-state index is 12.9. The number of hydrogen-bond donors (Lipinski definition) is 0. The Balaban J connectivity index is 4.33. The lowest BCUT2D eigenvalue weighted by atomic mass is 10.0. The molecule has 0 aromatic heterocycles. The zero-order chi connectivity index (χ0) is 57.1. The molecule has 0 radical (unpaired) electrons. The molecule has 0 spiro atoms. The minimum atomic E-state index is -0.784. The fourth-order valence-electron chi connectivity index (χ4n) is 9.54. The normalized spacial score (nSPS) is 12.7. The Morgan fingerprint density at radius 3 is 0.772 bits per heavy atom. The fourth-order valence-corrected chi connectivity index (χ4v) is 9.54. The Hall–Kier alpha value is -3.67. The van der Waals surface area contributed by atoms with Gasteiger partial charge in [-0.15, -0.1) is 0 Å². The third kappa shape index (κ3) is 65.0. The minimum Gasteiger partial charge on any atom is -0.462 e. The minimum absolute atomic E-state index is 0.0787. The number of ether oxygens (including phenoxy) is 3. The molecule has 6 heteroatoms. The topological polar surface area (TPSA) is 78.9 Å². The third-order valence-electron chi connectivity index (χ3n) is 14.6. The summed E-state index contributed by atoms with van der Waals surface area (Å²) in [5.74, 6) is -0.878. The maximum atomic E-state index is 12.9. The van der Waals surface area contributed by atoms with Gasteiger partial charge in [-0.25, -0.2) is 0 Å². The first-order valence-electron chi connectivity index (χ1n) is 33.7. The Labute approximate surface area is 489 Å². The summed E-state index contributed by atoms with van der Waals surface area (Å²) in [6, 6.07) is 0. The SMILES string of the molecule is CC/C=C\C/C=C\C/C=C\C/C=C\C/C=C\C/C=C\CCCCCCCCCCC(=O)OCC(COC(=O)CCCCCCCCCCCCCCC)OC(=O)CCCCCCCCCCC/C=C\C/C=C\CCCCCCC. The molecule has 0 aliphatic heterocycles. The molecule has 0 heterocycles. The van der Waals surface area contributed by atoms with E-state index in [1.807, 2.05) is 0 Å². The van der Waals surface area contributed by atoms with Crippen LogP contribution in [-0.2, 0) is 28.6 Å². The predicted octanol–water partition coefficient (Wildman–Crippen LogP) is 23.2. The number of esters is 3. The predicted molar refractivity (Wildman–Crippen MR) is 344 cm³/mol. The van der Waals surface area contributed by atoms with Crippen molar-refractivity contribution in [1.82, 2.24) is 0 Å². The zero-order valence-corrected chi connectivity index (χ0v) is 52.1. The Bertz CT molecular complexity index is 1540. The lowest BCUT2D eigenvalue weighted by molar-refractivity contribution is -0.167. The summed E-state index contributed by atoms with van der Waals surface area (Å²) in [7, 11) is 0. The highest BCUT2D eigenvalue weighted by Gasteiger charge is 2.19. The van der Waals surface area contributed by atoms with Crippen molar-refractivity contribution in [3.63, 3.8) is 0 Å². The van der Waals surface area contributed by atoms with E-state index in [1.165, 1.54) is 180 Å². The second-order valence-electron chi connectivity index (χ2n) is 22.4. The maximum Gasteiger partial charge on any atom is 0.306 e. The Morgan fingerprint density at radius 1 is 0.266 bits per heavy atom. The van der Waals surface area contributed by atoms with Crippen molar-refractivity contribution in [2.45, 2.75) is 335 Å². The van der Waals surface area contributed by atoms with Crippen molar-refractivity contribution in [2.75, 3.05) is 13.2 Å². The molecule has 0 aliphatic carbocycles. The Morgan fingerprint density at radius 2 is 0.494 bits per heavy atom. The number of carbonyl (C=O) groups is 3. The lowest BCUT2D eigenvalue weighted by Gasteiger charge is -2.18. The summed E-state index contributed by atoms with van der Waals surface area (Å²) in [6.07, 6.45) is 89.8. The van der Waals surface area contributed by atoms with Crippen molar-refractivity contribution < 1.29 is 28.6 Å². The van der Waals surface area contributed by atoms with Crippen molar-refractivity contribution in [3.05, 3.63) is 97.2 Å². The average molecular weight is 1100 g/mol. The van der Waals surface area contributed by atoms with E-state index >= 15 is 0 Å². The van der Waals surface area contributed by atoms with Crippen LogP contribution in [0.2, 0.25) is 0 Å². The van der Waals surface area contributed by atoms with Crippen LogP contribution in [0.25, 0.3) is 0 Å². The van der Waals surface area contributed by atoms with Gasteiger partial charge in [0, 0.05) is 19.3 Å². The van der Waals surface area contributed by atoms with E-state index in [2.05, 4.69) is 118 Å². The fraction of sp³-hybridized carbons (Fsp3) is 0.740. The van der Waals surface area contributed by atoms with E-state index in [1.54, 1.807) is 0 Å². The summed E-state index contributed by atoms with van der Waals surface area (Å²) < 4.78 is 17.0. The van der Waals surface area contributed by atoms with Gasteiger partial charge in [0.15, 0.2) is 6.10 Å². The van der Waals surface area contributed by atoms with E-state index in [9.17, 15) is 14.4 Å². The molecule has 6 nitrogen and oxygen atoms in total. The van der Waals surface area contributed by atoms with E-state index < -0.39 is 6.10 Å². The molecule has 79 heavy (non-hydrogen) atoms. The van der Waals surface area contributed by atoms with E-state index in [4.69, 9.17) is 14.2 Å². The number of carbonyl (C=O) groups excluding carboxylic acids is 3. The third-order valence-corrected chi connectivity index (χ3v) is 14.6. The quantitative estimate of drug-likeness (QED) is 0.0261. The summed E-state index contributed by atoms with van der Waals surface area (Å²) in [4.78, 5) is 38.4. The van der Waals surface area contributed by atoms with Crippen molar-refractivity contribution in [2.24, 2.45) is 0 Å². The van der Waals surface area contributed by atoms with Gasteiger partial charge in [-0.05, 0) is 103 Å². The van der Waals surface area contributed by atoms with Gasteiger partial charge in [0.2, 0.25) is 0 Å². The van der Waals surface area contributed by atoms with Gasteiger partial charge in [-0.1, -0.05) is 304 Å². The van der Waals surface area contributed by atoms with Crippen LogP contribution < -0.4 is 0 Å². The number of rotatable bonds is 61. The molecule has 0 aromatic rings. The first-order chi connectivity index (χ1) is 39.0. The van der Waals surface area contributed by atoms with Gasteiger partial charge >= 0.3 is 17.9 Å². The monoisotopic (exact) mass is 1100 g/mol. The average Bonchev–Trinajstić information content (AvgIpc) is 3.45. The molecule has 0 aromatic carbocycles. The molecule has 0 rings (SSSR count). The first-order valence-corrected chi connectivity index (χ1v) is 33.7. The zero-order valence-electron chi connectivity index (χ0n) is 52.1. The molecular formula is C73H126O6. The van der Waals surface area contributed by atoms with Gasteiger partial charge in [-0.3, -0.25) is 14.4 Å². The molecule has 454 valence electrons. The van der Waals surface area contributed by atoms with Crippen molar-refractivity contribution >= 4 is 17.9 Å². The lowest BCUT2D eigenvalue weighted by Crippen LogP contribution is -2.30. The summed E-state index contributed by atoms with van der Waals surface area (Å²) in [5.41, 5.74) is 0. The van der Waals surface area contributed by atoms with Gasteiger partial charge in [0.1, 0.15) is 13.2 Å². The second-order valence-corrected chi connectivity index (χ2v) is 22.4. The van der Waals surface area contributed by atoms with Crippen molar-refractivity contribution in [1.29, 1.82) is 0 Å². The number of unbranched alkanes of at least 4 members (excludes halogenated alkanes) is 34. The van der Waals surface area contributed by atoms with Gasteiger partial charge in [0.05, 0.1) is 0 Å². The van der Waals surface area contributed by atoms with Crippen LogP contribution in [0.4, 0.5) is 0 Å². The van der Waals surface area contributed by atoms with Crippen LogP contribution in [0.15, 0.2) is 97.2 Å². The molecule has 0 aliphatic rings. The number of allylic oxidation sites excluding steroid dienone is 16. The Kier molecular flexibility index (Phi) is 63.7. The standard InChI is InChI=1S/C73H126O6/c1-4-7-10-13-16-19-22-25-27-29-31-33-34-35-36-37-38-40-41-43-45-48-51-54-57-60-63-66-72(75)78-69-70(68-77-71(74)65-62-59-56-53-50-47-24-21-18-15-12-9-6-3)79-73(76)67-64-61-58-55-52-49-46-44-42-39-32-30-28-26-23-20-17-14-11-8-5-2/h7,10,16,19,23,25-27,30-33,35-36,38,40,70H,4-6,8-9,11-15,17-18,20-22,24,28-29,34,37,39,41-69H2,1-3H3/b10-7-,19-16-,26-23-,27-25-,32-30-,33-31-,36-35-,40-38-. The summed E-state index contributed by atoms with van der Waals surface area (Å²) in [6.45, 7) is 6.54. The molecule has 0 saturated carbocycles. The van der Waals surface area contributed by atoms with E-state index in [0.717, 1.165) is 109 Å². The first kappa shape index (κ1) is 75.3. The van der Waals surface area contributed by atoms with E-state index in [-0.39, 0.29) is 31.1 Å². The van der Waals surface area contributed by atoms with Crippen LogP contribution in [0, 0.1) is 0 Å². The highest BCUT2D eigenvalue weighted by atomic mass is 16.6. The molecule has 1 atom stereocenters. The molecular weight excluding hydrogens is 973 g/mol. The van der Waals surface area contributed by atoms with E-state index in [0.29, 0.717) is 19.3 Å². The van der Waals surface area contributed by atoms with Crippen LogP contribution >= 0.6 is 0 Å². The van der Waals surface area contributed by atoms with Crippen molar-refractivity contribution in [3.8, 4) is 0 Å². The molecule has 1 unspecified atom stereocenters. The highest BCUT2D eigenvalue weighted by molar-refractivity contribution is 5.71. The molecule has 0 fully saturated rings. The second kappa shape index (κ2) is 66.8. The smallest absolute Gasteiger partial charge is 0.306 e. The van der Waals surface area contributed by atoms with Gasteiger partial charge in [0.25, 0.3) is 0 Å². The molecule has 0 saturated heterocycles. The van der Waals surface area contributed by atoms with Crippen LogP contribution in [0.3, 0.4) is 0 Å². The summed E-state index contributed by atoms with van der Waals surface area (Å²) in [5, 5.41) is 0. The van der Waals surface area contributed by atoms with Crippen LogP contribution in [0.5, 0.6) is 0 Å². The summed E-state index contributed by atoms with van der Waals surface area (Å²) >= 11 is 0.